The lowest BCUT2D eigenvalue weighted by Gasteiger charge is -2.31. The third-order valence-electron chi connectivity index (χ3n) is 4.88. The van der Waals surface area contributed by atoms with Crippen LogP contribution in [-0.4, -0.2) is 12.2 Å². The Morgan fingerprint density at radius 3 is 2.00 bits per heavy atom. The molecule has 2 heteroatoms. The minimum atomic E-state index is -1.26. The fraction of sp³-hybridized carbons (Fsp3) is 0.0833. The minimum Gasteiger partial charge on any atom is -0.497 e. The van der Waals surface area contributed by atoms with E-state index in [1.54, 1.807) is 7.11 Å². The van der Waals surface area contributed by atoms with Gasteiger partial charge in [-0.25, -0.2) is 0 Å². The van der Waals surface area contributed by atoms with Crippen LogP contribution in [0.4, 0.5) is 0 Å². The number of hydrogen-bond donors (Lipinski definition) is 1. The first-order valence-electron chi connectivity index (χ1n) is 8.64. The molecule has 0 aliphatic carbocycles. The van der Waals surface area contributed by atoms with Gasteiger partial charge in [0.05, 0.1) is 7.11 Å². The lowest BCUT2D eigenvalue weighted by atomic mass is 9.78. The second-order valence-corrected chi connectivity index (χ2v) is 6.33. The summed E-state index contributed by atoms with van der Waals surface area (Å²) in [5, 5.41) is 14.2. The summed E-state index contributed by atoms with van der Waals surface area (Å²) in [5.74, 6) is 0.766. The van der Waals surface area contributed by atoms with Crippen LogP contribution >= 0.6 is 0 Å². The zero-order valence-corrected chi connectivity index (χ0v) is 14.6. The second kappa shape index (κ2) is 6.66. The van der Waals surface area contributed by atoms with Gasteiger partial charge in [0.15, 0.2) is 0 Å². The van der Waals surface area contributed by atoms with Gasteiger partial charge in [0.1, 0.15) is 11.4 Å². The first-order chi connectivity index (χ1) is 12.7. The third-order valence-corrected chi connectivity index (χ3v) is 4.88. The SMILES string of the molecule is COc1ccc(C(O)(c2ccccc2)c2cccc3ccccc23)cc1. The maximum atomic E-state index is 12.0. The van der Waals surface area contributed by atoms with Gasteiger partial charge in [-0.1, -0.05) is 84.9 Å². The Labute approximate surface area is 153 Å². The number of aliphatic hydroxyl groups is 1. The molecule has 2 nitrogen and oxygen atoms in total. The summed E-state index contributed by atoms with van der Waals surface area (Å²) >= 11 is 0. The van der Waals surface area contributed by atoms with E-state index in [0.717, 1.165) is 33.2 Å². The van der Waals surface area contributed by atoms with Crippen molar-refractivity contribution in [3.63, 3.8) is 0 Å². The molecule has 0 bridgehead atoms. The average molecular weight is 340 g/mol. The van der Waals surface area contributed by atoms with E-state index in [1.165, 1.54) is 0 Å². The normalized spacial score (nSPS) is 13.3. The molecule has 0 heterocycles. The molecule has 1 N–H and O–H groups in total. The summed E-state index contributed by atoms with van der Waals surface area (Å²) < 4.78 is 5.28. The van der Waals surface area contributed by atoms with Gasteiger partial charge in [-0.15, -0.1) is 0 Å². The Kier molecular flexibility index (Phi) is 4.19. The summed E-state index contributed by atoms with van der Waals surface area (Å²) in [6, 6.07) is 31.6. The van der Waals surface area contributed by atoms with E-state index in [4.69, 9.17) is 4.74 Å². The highest BCUT2D eigenvalue weighted by Gasteiger charge is 2.35. The molecular formula is C24H20O2. The van der Waals surface area contributed by atoms with Crippen LogP contribution in [0.15, 0.2) is 97.1 Å². The first-order valence-corrected chi connectivity index (χ1v) is 8.64. The van der Waals surface area contributed by atoms with Crippen molar-refractivity contribution in [2.24, 2.45) is 0 Å². The molecule has 0 amide bonds. The van der Waals surface area contributed by atoms with Crippen LogP contribution in [-0.2, 0) is 5.60 Å². The van der Waals surface area contributed by atoms with Gasteiger partial charge < -0.3 is 9.84 Å². The number of ether oxygens (including phenoxy) is 1. The van der Waals surface area contributed by atoms with Gasteiger partial charge >= 0.3 is 0 Å². The quantitative estimate of drug-likeness (QED) is 0.522. The largest absolute Gasteiger partial charge is 0.497 e. The molecule has 4 aromatic rings. The van der Waals surface area contributed by atoms with Gasteiger partial charge in [0, 0.05) is 5.56 Å². The molecule has 0 saturated heterocycles. The van der Waals surface area contributed by atoms with E-state index < -0.39 is 5.60 Å². The van der Waals surface area contributed by atoms with Crippen molar-refractivity contribution >= 4 is 10.8 Å². The summed E-state index contributed by atoms with van der Waals surface area (Å²) in [6.45, 7) is 0. The van der Waals surface area contributed by atoms with Crippen molar-refractivity contribution < 1.29 is 9.84 Å². The highest BCUT2D eigenvalue weighted by molar-refractivity contribution is 5.87. The van der Waals surface area contributed by atoms with Crippen LogP contribution in [0, 0.1) is 0 Å². The van der Waals surface area contributed by atoms with E-state index in [1.807, 2.05) is 78.9 Å². The number of hydrogen-bond acceptors (Lipinski definition) is 2. The van der Waals surface area contributed by atoms with Crippen molar-refractivity contribution in [1.82, 2.24) is 0 Å². The molecule has 4 rings (SSSR count). The molecule has 0 saturated carbocycles. The summed E-state index contributed by atoms with van der Waals surface area (Å²) in [6.07, 6.45) is 0. The minimum absolute atomic E-state index is 0.766. The van der Waals surface area contributed by atoms with E-state index in [-0.39, 0.29) is 0 Å². The van der Waals surface area contributed by atoms with E-state index in [9.17, 15) is 5.11 Å². The fourth-order valence-corrected chi connectivity index (χ4v) is 3.53. The highest BCUT2D eigenvalue weighted by atomic mass is 16.5. The van der Waals surface area contributed by atoms with Crippen LogP contribution in [0.3, 0.4) is 0 Å². The number of fused-ring (bicyclic) bond motifs is 1. The first kappa shape index (κ1) is 16.4. The van der Waals surface area contributed by atoms with Gasteiger partial charge in [-0.05, 0) is 34.0 Å². The van der Waals surface area contributed by atoms with Crippen LogP contribution < -0.4 is 4.74 Å². The summed E-state index contributed by atoms with van der Waals surface area (Å²) in [4.78, 5) is 0. The Morgan fingerprint density at radius 2 is 1.27 bits per heavy atom. The maximum Gasteiger partial charge on any atom is 0.141 e. The zero-order valence-electron chi connectivity index (χ0n) is 14.6. The Bertz CT molecular complexity index is 1020. The molecule has 128 valence electrons. The van der Waals surface area contributed by atoms with Crippen molar-refractivity contribution in [3.8, 4) is 5.75 Å². The van der Waals surface area contributed by atoms with Crippen molar-refractivity contribution in [3.05, 3.63) is 114 Å². The fourth-order valence-electron chi connectivity index (χ4n) is 3.53. The summed E-state index contributed by atoms with van der Waals surface area (Å²) in [7, 11) is 1.64. The Morgan fingerprint density at radius 1 is 0.654 bits per heavy atom. The van der Waals surface area contributed by atoms with Gasteiger partial charge in [0.25, 0.3) is 0 Å². The van der Waals surface area contributed by atoms with Gasteiger partial charge in [-0.3, -0.25) is 0 Å². The molecule has 1 atom stereocenters. The molecule has 26 heavy (non-hydrogen) atoms. The maximum absolute atomic E-state index is 12.0. The van der Waals surface area contributed by atoms with Gasteiger partial charge in [-0.2, -0.15) is 0 Å². The monoisotopic (exact) mass is 340 g/mol. The topological polar surface area (TPSA) is 29.5 Å². The van der Waals surface area contributed by atoms with Crippen LogP contribution in [0.1, 0.15) is 16.7 Å². The van der Waals surface area contributed by atoms with E-state index in [2.05, 4.69) is 18.2 Å². The second-order valence-electron chi connectivity index (χ2n) is 6.33. The van der Waals surface area contributed by atoms with Crippen LogP contribution in [0.25, 0.3) is 10.8 Å². The standard InChI is InChI=1S/C24H20O2/c1-26-21-16-14-20(15-17-21)24(25,19-10-3-2-4-11-19)23-13-7-9-18-8-5-6-12-22(18)23/h2-17,25H,1H3. The van der Waals surface area contributed by atoms with Crippen molar-refractivity contribution in [1.29, 1.82) is 0 Å². The van der Waals surface area contributed by atoms with Crippen molar-refractivity contribution in [2.45, 2.75) is 5.60 Å². The molecule has 1 unspecified atom stereocenters. The van der Waals surface area contributed by atoms with E-state index >= 15 is 0 Å². The van der Waals surface area contributed by atoms with Crippen molar-refractivity contribution in [2.75, 3.05) is 7.11 Å². The molecule has 0 radical (unpaired) electrons. The number of benzene rings is 4. The lowest BCUT2D eigenvalue weighted by Crippen LogP contribution is -2.29. The van der Waals surface area contributed by atoms with Gasteiger partial charge in [0.2, 0.25) is 0 Å². The Hall–Kier alpha value is -3.10. The van der Waals surface area contributed by atoms with Crippen LogP contribution in [0.2, 0.25) is 0 Å². The van der Waals surface area contributed by atoms with E-state index in [0.29, 0.717) is 0 Å². The van der Waals surface area contributed by atoms with Crippen LogP contribution in [0.5, 0.6) is 5.75 Å². The summed E-state index contributed by atoms with van der Waals surface area (Å²) in [5.41, 5.74) is 1.25. The Balaban J connectivity index is 2.02. The smallest absolute Gasteiger partial charge is 0.141 e. The average Bonchev–Trinajstić information content (AvgIpc) is 2.73. The third kappa shape index (κ3) is 2.65. The predicted octanol–water partition coefficient (Wildman–Crippen LogP) is 5.13. The predicted molar refractivity (Wildman–Crippen MR) is 105 cm³/mol. The highest BCUT2D eigenvalue weighted by Crippen LogP contribution is 2.40. The zero-order chi connectivity index (χ0) is 18.0. The molecule has 0 aliphatic rings. The molecule has 0 aliphatic heterocycles. The number of rotatable bonds is 4. The molecular weight excluding hydrogens is 320 g/mol. The molecule has 0 aromatic heterocycles. The molecule has 4 aromatic carbocycles. The molecule has 0 spiro atoms. The number of methoxy groups -OCH3 is 1. The lowest BCUT2D eigenvalue weighted by molar-refractivity contribution is 0.127. The molecule has 0 fully saturated rings.